The van der Waals surface area contributed by atoms with Gasteiger partial charge in [-0.2, -0.15) is 0 Å². The Morgan fingerprint density at radius 2 is 2.16 bits per heavy atom. The number of nitrogens with two attached hydrogens (primary N) is 1. The Morgan fingerprint density at radius 3 is 2.79 bits per heavy atom. The lowest BCUT2D eigenvalue weighted by Gasteiger charge is -2.24. The van der Waals surface area contributed by atoms with Gasteiger partial charge in [0.25, 0.3) is 0 Å². The van der Waals surface area contributed by atoms with Crippen LogP contribution < -0.4 is 11.1 Å². The molecule has 0 amide bonds. The van der Waals surface area contributed by atoms with Crippen molar-refractivity contribution in [1.29, 1.82) is 0 Å². The lowest BCUT2D eigenvalue weighted by Crippen LogP contribution is -2.34. The summed E-state index contributed by atoms with van der Waals surface area (Å²) < 4.78 is 10.9. The van der Waals surface area contributed by atoms with Crippen molar-refractivity contribution >= 4 is 11.6 Å². The molecular weight excluding hydrogens is 244 g/mol. The van der Waals surface area contributed by atoms with E-state index < -0.39 is 0 Å². The molecule has 1 aliphatic rings. The van der Waals surface area contributed by atoms with E-state index in [4.69, 9.17) is 15.2 Å². The average Bonchev–Trinajstić information content (AvgIpc) is 2.36. The van der Waals surface area contributed by atoms with Gasteiger partial charge in [0, 0.05) is 18.0 Å². The van der Waals surface area contributed by atoms with Crippen molar-refractivity contribution in [2.75, 3.05) is 37.4 Å². The lowest BCUT2D eigenvalue weighted by molar-refractivity contribution is -0.0819. The summed E-state index contributed by atoms with van der Waals surface area (Å²) in [6, 6.07) is 1.74. The largest absolute Gasteiger partial charge is 0.384 e. The fourth-order valence-electron chi connectivity index (χ4n) is 1.76. The first-order valence-corrected chi connectivity index (χ1v) is 6.53. The molecule has 6 nitrogen and oxygen atoms in total. The van der Waals surface area contributed by atoms with Crippen LogP contribution in [0.3, 0.4) is 0 Å². The number of aromatic nitrogens is 2. The number of nitrogen functional groups attached to an aromatic ring is 1. The number of hydrogen-bond acceptors (Lipinski definition) is 6. The number of rotatable bonds is 3. The number of ether oxygens (including phenoxy) is 2. The molecule has 6 heteroatoms. The predicted molar refractivity (Wildman–Crippen MR) is 74.2 cm³/mol. The first-order valence-electron chi connectivity index (χ1n) is 6.53. The fraction of sp³-hybridized carbons (Fsp3) is 0.692. The fourth-order valence-corrected chi connectivity index (χ4v) is 1.76. The van der Waals surface area contributed by atoms with Crippen LogP contribution in [-0.2, 0) is 14.9 Å². The summed E-state index contributed by atoms with van der Waals surface area (Å²) in [6.07, 6.45) is 0.0584. The summed E-state index contributed by atoms with van der Waals surface area (Å²) in [6.45, 7) is 8.76. The van der Waals surface area contributed by atoms with Gasteiger partial charge < -0.3 is 20.5 Å². The lowest BCUT2D eigenvalue weighted by atomic mass is 9.96. The molecule has 2 rings (SSSR count). The molecule has 0 bridgehead atoms. The zero-order chi connectivity index (χ0) is 13.9. The third-order valence-corrected chi connectivity index (χ3v) is 2.81. The van der Waals surface area contributed by atoms with Crippen LogP contribution >= 0.6 is 0 Å². The van der Waals surface area contributed by atoms with Crippen LogP contribution in [0.4, 0.5) is 11.6 Å². The minimum absolute atomic E-state index is 0.0584. The van der Waals surface area contributed by atoms with Gasteiger partial charge in [-0.1, -0.05) is 20.8 Å². The Bertz CT molecular complexity index is 425. The molecule has 0 aliphatic carbocycles. The summed E-state index contributed by atoms with van der Waals surface area (Å²) in [5.41, 5.74) is 5.69. The average molecular weight is 266 g/mol. The second-order valence-electron chi connectivity index (χ2n) is 5.70. The Hall–Kier alpha value is -1.40. The number of nitrogens with one attached hydrogen (secondary N) is 1. The van der Waals surface area contributed by atoms with Crippen molar-refractivity contribution in [3.63, 3.8) is 0 Å². The molecule has 1 aromatic rings. The molecule has 106 valence electrons. The van der Waals surface area contributed by atoms with Gasteiger partial charge in [-0.15, -0.1) is 0 Å². The predicted octanol–water partition coefficient (Wildman–Crippen LogP) is 1.18. The van der Waals surface area contributed by atoms with Crippen LogP contribution in [0.15, 0.2) is 6.07 Å². The van der Waals surface area contributed by atoms with Crippen LogP contribution in [-0.4, -0.2) is 42.4 Å². The molecule has 1 fully saturated rings. The number of nitrogens with zero attached hydrogens (tertiary/aromatic N) is 2. The van der Waals surface area contributed by atoms with E-state index >= 15 is 0 Å². The standard InChI is InChI=1S/C13H22N4O2/c1-13(2,3)12-16-10(14)6-11(17-12)15-7-9-8-18-4-5-19-9/h6,9H,4-5,7-8H2,1-3H3,(H3,14,15,16,17). The van der Waals surface area contributed by atoms with Gasteiger partial charge in [0.15, 0.2) is 0 Å². The first kappa shape index (κ1) is 14.0. The van der Waals surface area contributed by atoms with Gasteiger partial charge >= 0.3 is 0 Å². The molecule has 1 saturated heterocycles. The van der Waals surface area contributed by atoms with Crippen molar-refractivity contribution in [2.24, 2.45) is 0 Å². The second-order valence-corrected chi connectivity index (χ2v) is 5.70. The molecule has 1 unspecified atom stereocenters. The van der Waals surface area contributed by atoms with Crippen molar-refractivity contribution in [3.05, 3.63) is 11.9 Å². The molecule has 1 aromatic heterocycles. The van der Waals surface area contributed by atoms with Gasteiger partial charge in [0.1, 0.15) is 17.5 Å². The first-order chi connectivity index (χ1) is 8.95. The van der Waals surface area contributed by atoms with Gasteiger partial charge in [-0.05, 0) is 0 Å². The third kappa shape index (κ3) is 4.04. The zero-order valence-electron chi connectivity index (χ0n) is 11.8. The SMILES string of the molecule is CC(C)(C)c1nc(N)cc(NCC2COCCO2)n1. The maximum atomic E-state index is 5.82. The molecule has 0 aromatic carbocycles. The topological polar surface area (TPSA) is 82.3 Å². The summed E-state index contributed by atoms with van der Waals surface area (Å²) >= 11 is 0. The maximum Gasteiger partial charge on any atom is 0.138 e. The van der Waals surface area contributed by atoms with E-state index in [9.17, 15) is 0 Å². The highest BCUT2D eigenvalue weighted by atomic mass is 16.6. The Labute approximate surface area is 113 Å². The van der Waals surface area contributed by atoms with E-state index in [1.165, 1.54) is 0 Å². The molecule has 1 atom stereocenters. The number of hydrogen-bond donors (Lipinski definition) is 2. The molecular formula is C13H22N4O2. The minimum atomic E-state index is -0.129. The van der Waals surface area contributed by atoms with Gasteiger partial charge in [0.2, 0.25) is 0 Å². The van der Waals surface area contributed by atoms with Gasteiger partial charge in [-0.3, -0.25) is 0 Å². The van der Waals surface area contributed by atoms with Crippen molar-refractivity contribution in [2.45, 2.75) is 32.3 Å². The second kappa shape index (κ2) is 5.71. The third-order valence-electron chi connectivity index (χ3n) is 2.81. The van der Waals surface area contributed by atoms with Crippen LogP contribution in [0.25, 0.3) is 0 Å². The molecule has 19 heavy (non-hydrogen) atoms. The van der Waals surface area contributed by atoms with E-state index in [0.717, 1.165) is 11.6 Å². The maximum absolute atomic E-state index is 5.82. The van der Waals surface area contributed by atoms with Crippen molar-refractivity contribution < 1.29 is 9.47 Å². The summed E-state index contributed by atoms with van der Waals surface area (Å²) in [5, 5.41) is 3.23. The zero-order valence-corrected chi connectivity index (χ0v) is 11.8. The van der Waals surface area contributed by atoms with Crippen molar-refractivity contribution in [3.8, 4) is 0 Å². The molecule has 0 saturated carbocycles. The minimum Gasteiger partial charge on any atom is -0.384 e. The van der Waals surface area contributed by atoms with Gasteiger partial charge in [0.05, 0.1) is 25.9 Å². The summed E-state index contributed by atoms with van der Waals surface area (Å²) in [4.78, 5) is 8.76. The molecule has 0 radical (unpaired) electrons. The van der Waals surface area contributed by atoms with Crippen LogP contribution in [0.1, 0.15) is 26.6 Å². The highest BCUT2D eigenvalue weighted by molar-refractivity contribution is 5.45. The van der Waals surface area contributed by atoms with Crippen molar-refractivity contribution in [1.82, 2.24) is 9.97 Å². The quantitative estimate of drug-likeness (QED) is 0.855. The van der Waals surface area contributed by atoms with E-state index in [-0.39, 0.29) is 11.5 Å². The highest BCUT2D eigenvalue weighted by Crippen LogP contribution is 2.21. The van der Waals surface area contributed by atoms with Crippen LogP contribution in [0, 0.1) is 0 Å². The Balaban J connectivity index is 2.01. The molecule has 1 aliphatic heterocycles. The molecule has 3 N–H and O–H groups in total. The highest BCUT2D eigenvalue weighted by Gasteiger charge is 2.19. The van der Waals surface area contributed by atoms with E-state index in [1.54, 1.807) is 6.07 Å². The summed E-state index contributed by atoms with van der Waals surface area (Å²) in [5.74, 6) is 1.94. The molecule has 2 heterocycles. The van der Waals surface area contributed by atoms with Gasteiger partial charge in [-0.25, -0.2) is 9.97 Å². The Kier molecular flexibility index (Phi) is 4.21. The summed E-state index contributed by atoms with van der Waals surface area (Å²) in [7, 11) is 0. The smallest absolute Gasteiger partial charge is 0.138 e. The monoisotopic (exact) mass is 266 g/mol. The normalized spacial score (nSPS) is 20.3. The van der Waals surface area contributed by atoms with Crippen LogP contribution in [0.2, 0.25) is 0 Å². The number of anilines is 2. The van der Waals surface area contributed by atoms with Crippen LogP contribution in [0.5, 0.6) is 0 Å². The Morgan fingerprint density at radius 1 is 1.37 bits per heavy atom. The van der Waals surface area contributed by atoms with E-state index in [0.29, 0.717) is 32.2 Å². The van der Waals surface area contributed by atoms with E-state index in [2.05, 4.69) is 36.1 Å². The molecule has 0 spiro atoms. The van der Waals surface area contributed by atoms with E-state index in [1.807, 2.05) is 0 Å².